The molecule has 0 saturated heterocycles. The summed E-state index contributed by atoms with van der Waals surface area (Å²) in [7, 11) is 0. The summed E-state index contributed by atoms with van der Waals surface area (Å²) in [5, 5.41) is 0. The standard InChI is InChI=1S/C11H11O/c12-8-9-5-6-10-3-1-2-4-11(10)7-9/h3,5-8H,1-2,4H2. The third-order valence-electron chi connectivity index (χ3n) is 2.32. The molecule has 0 fully saturated rings. The number of hydrogen-bond acceptors (Lipinski definition) is 1. The lowest BCUT2D eigenvalue weighted by molar-refractivity contribution is 0.112. The highest BCUT2D eigenvalue weighted by molar-refractivity contribution is 5.75. The van der Waals surface area contributed by atoms with Crippen LogP contribution < -0.4 is 0 Å². The molecule has 0 saturated carbocycles. The predicted octanol–water partition coefficient (Wildman–Crippen LogP) is 2.39. The SMILES string of the molecule is O=Cc1ccc2c(c1)CCC[CH]2. The summed E-state index contributed by atoms with van der Waals surface area (Å²) in [6.07, 6.45) is 6.67. The van der Waals surface area contributed by atoms with Gasteiger partial charge < -0.3 is 0 Å². The summed E-state index contributed by atoms with van der Waals surface area (Å²) in [5.41, 5.74) is 3.43. The Hall–Kier alpha value is -1.11. The first kappa shape index (κ1) is 7.53. The third kappa shape index (κ3) is 1.27. The monoisotopic (exact) mass is 159 g/mol. The maximum atomic E-state index is 10.5. The zero-order valence-electron chi connectivity index (χ0n) is 6.92. The number of carbonyl (C=O) groups is 1. The van der Waals surface area contributed by atoms with Gasteiger partial charge in [0.15, 0.2) is 0 Å². The molecule has 1 aromatic carbocycles. The first-order chi connectivity index (χ1) is 5.90. The van der Waals surface area contributed by atoms with E-state index >= 15 is 0 Å². The Morgan fingerprint density at radius 3 is 3.08 bits per heavy atom. The second-order valence-electron chi connectivity index (χ2n) is 3.17. The molecule has 0 unspecified atom stereocenters. The van der Waals surface area contributed by atoms with Crippen molar-refractivity contribution in [1.82, 2.24) is 0 Å². The number of rotatable bonds is 1. The number of aryl methyl sites for hydroxylation is 1. The van der Waals surface area contributed by atoms with E-state index < -0.39 is 0 Å². The van der Waals surface area contributed by atoms with Gasteiger partial charge in [-0.15, -0.1) is 0 Å². The van der Waals surface area contributed by atoms with Crippen LogP contribution in [0.25, 0.3) is 0 Å². The summed E-state index contributed by atoms with van der Waals surface area (Å²) in [6.45, 7) is 0. The molecule has 0 aromatic heterocycles. The molecular formula is C11H11O. The minimum atomic E-state index is 0.795. The molecule has 0 N–H and O–H groups in total. The first-order valence-corrected chi connectivity index (χ1v) is 4.31. The largest absolute Gasteiger partial charge is 0.298 e. The number of aldehydes is 1. The van der Waals surface area contributed by atoms with Crippen molar-refractivity contribution >= 4 is 6.29 Å². The van der Waals surface area contributed by atoms with Crippen LogP contribution in [0.5, 0.6) is 0 Å². The van der Waals surface area contributed by atoms with Crippen LogP contribution in [0.1, 0.15) is 34.3 Å². The quantitative estimate of drug-likeness (QED) is 0.575. The van der Waals surface area contributed by atoms with Gasteiger partial charge in [0.1, 0.15) is 6.29 Å². The normalized spacial score (nSPS) is 15.3. The van der Waals surface area contributed by atoms with E-state index in [-0.39, 0.29) is 0 Å². The highest BCUT2D eigenvalue weighted by Crippen LogP contribution is 2.22. The van der Waals surface area contributed by atoms with Crippen LogP contribution in [0.3, 0.4) is 0 Å². The number of carbonyl (C=O) groups excluding carboxylic acids is 1. The van der Waals surface area contributed by atoms with Crippen molar-refractivity contribution < 1.29 is 4.79 Å². The van der Waals surface area contributed by atoms with E-state index in [2.05, 4.69) is 6.42 Å². The lowest BCUT2D eigenvalue weighted by atomic mass is 9.91. The molecule has 1 aromatic rings. The second-order valence-corrected chi connectivity index (χ2v) is 3.17. The van der Waals surface area contributed by atoms with Gasteiger partial charge in [-0.3, -0.25) is 4.79 Å². The maximum Gasteiger partial charge on any atom is 0.150 e. The van der Waals surface area contributed by atoms with E-state index in [9.17, 15) is 4.79 Å². The van der Waals surface area contributed by atoms with E-state index in [0.29, 0.717) is 0 Å². The minimum Gasteiger partial charge on any atom is -0.298 e. The Bertz CT molecular complexity index is 302. The van der Waals surface area contributed by atoms with Crippen molar-refractivity contribution in [2.45, 2.75) is 19.3 Å². The Morgan fingerprint density at radius 2 is 2.25 bits per heavy atom. The van der Waals surface area contributed by atoms with Gasteiger partial charge >= 0.3 is 0 Å². The van der Waals surface area contributed by atoms with Crippen molar-refractivity contribution in [3.8, 4) is 0 Å². The average Bonchev–Trinajstić information content (AvgIpc) is 2.17. The fourth-order valence-corrected chi connectivity index (χ4v) is 1.66. The Morgan fingerprint density at radius 1 is 1.33 bits per heavy atom. The minimum absolute atomic E-state index is 0.795. The maximum absolute atomic E-state index is 10.5. The van der Waals surface area contributed by atoms with Crippen molar-refractivity contribution in [2.24, 2.45) is 0 Å². The molecule has 0 spiro atoms. The van der Waals surface area contributed by atoms with Crippen LogP contribution in [0.4, 0.5) is 0 Å². The van der Waals surface area contributed by atoms with Gasteiger partial charge in [-0.05, 0) is 42.9 Å². The summed E-state index contributed by atoms with van der Waals surface area (Å²) in [5.74, 6) is 0. The molecule has 1 radical (unpaired) electrons. The third-order valence-corrected chi connectivity index (χ3v) is 2.32. The average molecular weight is 159 g/mol. The molecule has 12 heavy (non-hydrogen) atoms. The van der Waals surface area contributed by atoms with Crippen LogP contribution in [-0.2, 0) is 6.42 Å². The zero-order valence-corrected chi connectivity index (χ0v) is 6.92. The number of hydrogen-bond donors (Lipinski definition) is 0. The fourth-order valence-electron chi connectivity index (χ4n) is 1.66. The van der Waals surface area contributed by atoms with Crippen LogP contribution >= 0.6 is 0 Å². The fraction of sp³-hybridized carbons (Fsp3) is 0.273. The van der Waals surface area contributed by atoms with Crippen molar-refractivity contribution in [3.05, 3.63) is 41.3 Å². The lowest BCUT2D eigenvalue weighted by Gasteiger charge is -2.14. The Labute approximate surface area is 72.4 Å². The van der Waals surface area contributed by atoms with Gasteiger partial charge in [0, 0.05) is 5.56 Å². The highest BCUT2D eigenvalue weighted by Gasteiger charge is 2.08. The smallest absolute Gasteiger partial charge is 0.150 e. The van der Waals surface area contributed by atoms with Crippen LogP contribution in [-0.4, -0.2) is 6.29 Å². The molecule has 0 atom stereocenters. The van der Waals surface area contributed by atoms with Gasteiger partial charge in [-0.2, -0.15) is 0 Å². The highest BCUT2D eigenvalue weighted by atomic mass is 16.1. The topological polar surface area (TPSA) is 17.1 Å². The first-order valence-electron chi connectivity index (χ1n) is 4.31. The molecule has 1 aliphatic rings. The lowest BCUT2D eigenvalue weighted by Crippen LogP contribution is -2.01. The number of fused-ring (bicyclic) bond motifs is 1. The van der Waals surface area contributed by atoms with Crippen molar-refractivity contribution in [3.63, 3.8) is 0 Å². The Balaban J connectivity index is 2.42. The molecule has 61 valence electrons. The summed E-state index contributed by atoms with van der Waals surface area (Å²) >= 11 is 0. The number of benzene rings is 1. The van der Waals surface area contributed by atoms with Gasteiger partial charge in [0.05, 0.1) is 0 Å². The van der Waals surface area contributed by atoms with E-state index in [1.54, 1.807) is 0 Å². The van der Waals surface area contributed by atoms with Crippen LogP contribution in [0.15, 0.2) is 18.2 Å². The summed E-state index contributed by atoms with van der Waals surface area (Å²) in [6, 6.07) is 5.92. The second kappa shape index (κ2) is 3.10. The zero-order chi connectivity index (χ0) is 8.39. The van der Waals surface area contributed by atoms with Crippen molar-refractivity contribution in [2.75, 3.05) is 0 Å². The molecule has 1 heteroatoms. The molecule has 1 nitrogen and oxygen atoms in total. The molecule has 0 heterocycles. The van der Waals surface area contributed by atoms with Crippen LogP contribution in [0, 0.1) is 6.42 Å². The molecule has 0 amide bonds. The van der Waals surface area contributed by atoms with Crippen molar-refractivity contribution in [1.29, 1.82) is 0 Å². The molecule has 0 bridgehead atoms. The summed E-state index contributed by atoms with van der Waals surface area (Å²) in [4.78, 5) is 10.5. The van der Waals surface area contributed by atoms with Gasteiger partial charge in [0.2, 0.25) is 0 Å². The predicted molar refractivity (Wildman–Crippen MR) is 48.2 cm³/mol. The van der Waals surface area contributed by atoms with Gasteiger partial charge in [0.25, 0.3) is 0 Å². The van der Waals surface area contributed by atoms with Crippen LogP contribution in [0.2, 0.25) is 0 Å². The van der Waals surface area contributed by atoms with Gasteiger partial charge in [-0.1, -0.05) is 12.1 Å². The molecule has 1 aliphatic carbocycles. The van der Waals surface area contributed by atoms with E-state index in [1.807, 2.05) is 18.2 Å². The molecular weight excluding hydrogens is 148 g/mol. The van der Waals surface area contributed by atoms with Gasteiger partial charge in [-0.25, -0.2) is 0 Å². The van der Waals surface area contributed by atoms with E-state index in [4.69, 9.17) is 0 Å². The summed E-state index contributed by atoms with van der Waals surface area (Å²) < 4.78 is 0. The van der Waals surface area contributed by atoms with E-state index in [1.165, 1.54) is 24.0 Å². The molecule has 2 rings (SSSR count). The van der Waals surface area contributed by atoms with E-state index in [0.717, 1.165) is 18.3 Å². The molecule has 0 aliphatic heterocycles. The Kier molecular flexibility index (Phi) is 1.94.